The molecule has 0 saturated carbocycles. The summed E-state index contributed by atoms with van der Waals surface area (Å²) in [5, 5.41) is 0. The van der Waals surface area contributed by atoms with Crippen LogP contribution in [0.4, 0.5) is 0 Å². The summed E-state index contributed by atoms with van der Waals surface area (Å²) in [7, 11) is 1.58. The second-order valence-electron chi connectivity index (χ2n) is 5.03. The average Bonchev–Trinajstić information content (AvgIpc) is 2.36. The quantitative estimate of drug-likeness (QED) is 0.810. The van der Waals surface area contributed by atoms with Crippen molar-refractivity contribution in [2.75, 3.05) is 7.11 Å². The lowest BCUT2D eigenvalue weighted by Gasteiger charge is -2.31. The Bertz CT molecular complexity index is 456. The van der Waals surface area contributed by atoms with Crippen LogP contribution in [-0.2, 0) is 0 Å². The third-order valence-corrected chi connectivity index (χ3v) is 3.06. The zero-order valence-electron chi connectivity index (χ0n) is 12.4. The van der Waals surface area contributed by atoms with Crippen molar-refractivity contribution < 1.29 is 9.53 Å². The molecular formula is C16H23NO2. The number of benzene rings is 1. The van der Waals surface area contributed by atoms with Gasteiger partial charge in [-0.3, -0.25) is 4.79 Å². The van der Waals surface area contributed by atoms with Crippen LogP contribution in [0.2, 0.25) is 0 Å². The molecule has 0 aromatic heterocycles. The Kier molecular flexibility index (Phi) is 5.16. The van der Waals surface area contributed by atoms with Gasteiger partial charge in [-0.25, -0.2) is 0 Å². The maximum Gasteiger partial charge on any atom is 0.258 e. The molecule has 1 amide bonds. The molecule has 3 heteroatoms. The Balaban J connectivity index is 3.35. The molecule has 0 aliphatic heterocycles. The van der Waals surface area contributed by atoms with Crippen molar-refractivity contribution in [3.8, 4) is 5.75 Å². The Morgan fingerprint density at radius 2 is 1.84 bits per heavy atom. The summed E-state index contributed by atoms with van der Waals surface area (Å²) in [5.41, 5.74) is 1.39. The summed E-state index contributed by atoms with van der Waals surface area (Å²) in [6.07, 6.45) is 1.69. The molecule has 0 spiro atoms. The van der Waals surface area contributed by atoms with Gasteiger partial charge in [0.05, 0.1) is 12.7 Å². The number of methoxy groups -OCH3 is 1. The van der Waals surface area contributed by atoms with Crippen molar-refractivity contribution in [1.82, 2.24) is 4.90 Å². The molecule has 0 saturated heterocycles. The third kappa shape index (κ3) is 3.16. The number of amides is 1. The molecule has 0 atom stereocenters. The van der Waals surface area contributed by atoms with E-state index in [2.05, 4.69) is 6.58 Å². The summed E-state index contributed by atoms with van der Waals surface area (Å²) < 4.78 is 5.32. The summed E-state index contributed by atoms with van der Waals surface area (Å²) >= 11 is 0. The highest BCUT2D eigenvalue weighted by Crippen LogP contribution is 2.26. The minimum absolute atomic E-state index is 0.0163. The second kappa shape index (κ2) is 6.41. The zero-order valence-corrected chi connectivity index (χ0v) is 12.4. The van der Waals surface area contributed by atoms with Gasteiger partial charge in [0.15, 0.2) is 0 Å². The number of hydrogen-bond acceptors (Lipinski definition) is 2. The number of carbonyl (C=O) groups is 1. The molecule has 1 aromatic rings. The number of hydrogen-bond donors (Lipinski definition) is 0. The van der Waals surface area contributed by atoms with Gasteiger partial charge in [-0.1, -0.05) is 24.8 Å². The number of ether oxygens (including phenoxy) is 1. The molecule has 0 fully saturated rings. The van der Waals surface area contributed by atoms with Crippen LogP contribution in [0.5, 0.6) is 5.75 Å². The summed E-state index contributed by atoms with van der Waals surface area (Å²) in [4.78, 5) is 14.6. The second-order valence-corrected chi connectivity index (χ2v) is 5.03. The van der Waals surface area contributed by atoms with Gasteiger partial charge in [0.1, 0.15) is 5.75 Å². The first-order chi connectivity index (χ1) is 8.93. The molecule has 0 aliphatic carbocycles. The standard InChI is InChI=1S/C16H23NO2/c1-7-13-9-8-10-14(19-6)15(13)16(18)17(11(2)3)12(4)5/h7-12H,1H2,2-6H3. The zero-order chi connectivity index (χ0) is 14.6. The number of rotatable bonds is 5. The van der Waals surface area contributed by atoms with Crippen LogP contribution in [0.3, 0.4) is 0 Å². The fourth-order valence-corrected chi connectivity index (χ4v) is 2.31. The van der Waals surface area contributed by atoms with E-state index in [9.17, 15) is 4.79 Å². The molecule has 0 N–H and O–H groups in total. The Hall–Kier alpha value is -1.77. The van der Waals surface area contributed by atoms with E-state index in [0.29, 0.717) is 11.3 Å². The minimum Gasteiger partial charge on any atom is -0.496 e. The topological polar surface area (TPSA) is 29.5 Å². The lowest BCUT2D eigenvalue weighted by molar-refractivity contribution is 0.0640. The van der Waals surface area contributed by atoms with Crippen molar-refractivity contribution in [3.63, 3.8) is 0 Å². The van der Waals surface area contributed by atoms with E-state index in [0.717, 1.165) is 5.56 Å². The van der Waals surface area contributed by atoms with Crippen LogP contribution in [0.25, 0.3) is 6.08 Å². The van der Waals surface area contributed by atoms with Gasteiger partial charge in [-0.2, -0.15) is 0 Å². The predicted octanol–water partition coefficient (Wildman–Crippen LogP) is 3.60. The molecule has 0 unspecified atom stereocenters. The van der Waals surface area contributed by atoms with Crippen LogP contribution in [0.1, 0.15) is 43.6 Å². The van der Waals surface area contributed by atoms with Crippen molar-refractivity contribution in [1.29, 1.82) is 0 Å². The minimum atomic E-state index is -0.0163. The van der Waals surface area contributed by atoms with E-state index >= 15 is 0 Å². The first-order valence-electron chi connectivity index (χ1n) is 6.56. The van der Waals surface area contributed by atoms with E-state index in [1.807, 2.05) is 44.7 Å². The largest absolute Gasteiger partial charge is 0.496 e. The molecule has 3 nitrogen and oxygen atoms in total. The van der Waals surface area contributed by atoms with E-state index < -0.39 is 0 Å². The molecule has 1 aromatic carbocycles. The first kappa shape index (κ1) is 15.3. The monoisotopic (exact) mass is 261 g/mol. The lowest BCUT2D eigenvalue weighted by atomic mass is 10.0. The van der Waals surface area contributed by atoms with Gasteiger partial charge in [0.25, 0.3) is 5.91 Å². The van der Waals surface area contributed by atoms with E-state index in [1.54, 1.807) is 19.3 Å². The molecule has 0 radical (unpaired) electrons. The molecule has 104 valence electrons. The van der Waals surface area contributed by atoms with Gasteiger partial charge in [0.2, 0.25) is 0 Å². The van der Waals surface area contributed by atoms with Crippen molar-refractivity contribution in [2.45, 2.75) is 39.8 Å². The molecule has 0 bridgehead atoms. The van der Waals surface area contributed by atoms with Crippen molar-refractivity contribution in [3.05, 3.63) is 35.9 Å². The predicted molar refractivity (Wildman–Crippen MR) is 79.5 cm³/mol. The van der Waals surface area contributed by atoms with Crippen molar-refractivity contribution >= 4 is 12.0 Å². The molecule has 1 rings (SSSR count). The van der Waals surface area contributed by atoms with Crippen LogP contribution < -0.4 is 4.74 Å². The highest BCUT2D eigenvalue weighted by molar-refractivity contribution is 6.00. The Morgan fingerprint density at radius 3 is 2.26 bits per heavy atom. The van der Waals surface area contributed by atoms with Gasteiger partial charge in [-0.05, 0) is 39.3 Å². The molecule has 0 aliphatic rings. The Labute approximate surface area is 115 Å². The third-order valence-electron chi connectivity index (χ3n) is 3.06. The van der Waals surface area contributed by atoms with E-state index in [-0.39, 0.29) is 18.0 Å². The Morgan fingerprint density at radius 1 is 1.26 bits per heavy atom. The average molecular weight is 261 g/mol. The molecular weight excluding hydrogens is 238 g/mol. The van der Waals surface area contributed by atoms with E-state index in [1.165, 1.54) is 0 Å². The molecule has 0 heterocycles. The fourth-order valence-electron chi connectivity index (χ4n) is 2.31. The summed E-state index contributed by atoms with van der Waals surface area (Å²) in [6.45, 7) is 11.8. The summed E-state index contributed by atoms with van der Waals surface area (Å²) in [6, 6.07) is 5.81. The van der Waals surface area contributed by atoms with Gasteiger partial charge < -0.3 is 9.64 Å². The lowest BCUT2D eigenvalue weighted by Crippen LogP contribution is -2.42. The first-order valence-corrected chi connectivity index (χ1v) is 6.56. The van der Waals surface area contributed by atoms with Gasteiger partial charge >= 0.3 is 0 Å². The van der Waals surface area contributed by atoms with Gasteiger partial charge in [0, 0.05) is 12.1 Å². The van der Waals surface area contributed by atoms with E-state index in [4.69, 9.17) is 4.74 Å². The number of carbonyl (C=O) groups excluding carboxylic acids is 1. The summed E-state index contributed by atoms with van der Waals surface area (Å²) in [5.74, 6) is 0.575. The maximum atomic E-state index is 12.8. The highest BCUT2D eigenvalue weighted by Gasteiger charge is 2.25. The van der Waals surface area contributed by atoms with Crippen LogP contribution >= 0.6 is 0 Å². The molecule has 19 heavy (non-hydrogen) atoms. The van der Waals surface area contributed by atoms with Crippen LogP contribution in [0, 0.1) is 0 Å². The van der Waals surface area contributed by atoms with Gasteiger partial charge in [-0.15, -0.1) is 0 Å². The van der Waals surface area contributed by atoms with Crippen LogP contribution in [0.15, 0.2) is 24.8 Å². The highest BCUT2D eigenvalue weighted by atomic mass is 16.5. The van der Waals surface area contributed by atoms with Crippen molar-refractivity contribution in [2.24, 2.45) is 0 Å². The maximum absolute atomic E-state index is 12.8. The fraction of sp³-hybridized carbons (Fsp3) is 0.438. The smallest absolute Gasteiger partial charge is 0.258 e. The SMILES string of the molecule is C=Cc1cccc(OC)c1C(=O)N(C(C)C)C(C)C. The number of nitrogens with zero attached hydrogens (tertiary/aromatic N) is 1. The van der Waals surface area contributed by atoms with Crippen LogP contribution in [-0.4, -0.2) is 30.0 Å². The normalized spacial score (nSPS) is 10.7.